The number of methoxy groups -OCH3 is 2. The Kier molecular flexibility index (Phi) is 11.1. The molecule has 4 aromatic carbocycles. The number of halogens is 1. The molecule has 44 heavy (non-hydrogen) atoms. The lowest BCUT2D eigenvalue weighted by Crippen LogP contribution is -2.15. The van der Waals surface area contributed by atoms with E-state index in [0.29, 0.717) is 49.7 Å². The first-order valence-corrected chi connectivity index (χ1v) is 15.2. The summed E-state index contributed by atoms with van der Waals surface area (Å²) in [5.41, 5.74) is 3.17. The van der Waals surface area contributed by atoms with Crippen LogP contribution in [0.2, 0.25) is 0 Å². The zero-order valence-corrected chi connectivity index (χ0v) is 27.3. The molecule has 0 saturated heterocycles. The Balaban J connectivity index is 1.40. The lowest BCUT2D eigenvalue weighted by atomic mass is 9.89. The van der Waals surface area contributed by atoms with Crippen molar-refractivity contribution in [3.63, 3.8) is 0 Å². The van der Waals surface area contributed by atoms with Crippen molar-refractivity contribution in [3.8, 4) is 28.7 Å². The smallest absolute Gasteiger partial charge is 0.343 e. The van der Waals surface area contributed by atoms with Crippen molar-refractivity contribution in [1.29, 1.82) is 0 Å². The highest BCUT2D eigenvalue weighted by Crippen LogP contribution is 2.39. The van der Waals surface area contributed by atoms with Crippen molar-refractivity contribution in [2.45, 2.75) is 46.5 Å². The molecule has 0 spiro atoms. The van der Waals surface area contributed by atoms with Gasteiger partial charge in [-0.2, -0.15) is 0 Å². The van der Waals surface area contributed by atoms with Gasteiger partial charge in [0.2, 0.25) is 5.91 Å². The van der Waals surface area contributed by atoms with Crippen molar-refractivity contribution >= 4 is 33.5 Å². The van der Waals surface area contributed by atoms with Crippen LogP contribution in [0, 0.1) is 5.41 Å². The molecule has 4 aromatic rings. The van der Waals surface area contributed by atoms with E-state index in [1.165, 1.54) is 19.1 Å². The van der Waals surface area contributed by atoms with Crippen LogP contribution in [-0.2, 0) is 17.6 Å². The number of hydrogen-bond acceptors (Lipinski definition) is 6. The molecule has 1 N–H and O–H groups in total. The third-order valence-electron chi connectivity index (χ3n) is 6.91. The lowest BCUT2D eigenvalue weighted by molar-refractivity contribution is -0.115. The second-order valence-electron chi connectivity index (χ2n) is 11.6. The molecule has 0 aliphatic carbocycles. The second-order valence-corrected chi connectivity index (χ2v) is 12.4. The Morgan fingerprint density at radius 2 is 1.50 bits per heavy atom. The maximum Gasteiger partial charge on any atom is 0.343 e. The summed E-state index contributed by atoms with van der Waals surface area (Å²) in [6.07, 6.45) is 3.36. The number of ether oxygens (including phenoxy) is 4. The molecule has 0 aromatic heterocycles. The van der Waals surface area contributed by atoms with Crippen LogP contribution in [0.15, 0.2) is 89.4 Å². The minimum Gasteiger partial charge on any atom is -0.493 e. The van der Waals surface area contributed by atoms with E-state index in [0.717, 1.165) is 12.8 Å². The molecule has 230 valence electrons. The maximum atomic E-state index is 13.0. The summed E-state index contributed by atoms with van der Waals surface area (Å²) in [6, 6.07) is 25.4. The van der Waals surface area contributed by atoms with Gasteiger partial charge >= 0.3 is 5.97 Å². The number of benzene rings is 4. The average Bonchev–Trinajstić information content (AvgIpc) is 3.00. The summed E-state index contributed by atoms with van der Waals surface area (Å²) in [5, 5.41) is 2.90. The standard InChI is InChI=1S/C36H38BrNO6/c1-36(2,3)21-9-10-24-13-17-28(18-14-24)43-29-20-16-27(23-31(29)42-5)38-32(39)22-26-15-19-30(41-4)34(33(26)37)44-35(40)25-11-7-6-8-12-25/h6-8,11-20,23H,9-10,21-22H2,1-5H3,(H,38,39). The van der Waals surface area contributed by atoms with Crippen molar-refractivity contribution in [2.24, 2.45) is 5.41 Å². The van der Waals surface area contributed by atoms with E-state index in [1.807, 2.05) is 18.2 Å². The van der Waals surface area contributed by atoms with Gasteiger partial charge in [-0.25, -0.2) is 4.79 Å². The van der Waals surface area contributed by atoms with Crippen LogP contribution in [0.3, 0.4) is 0 Å². The third-order valence-corrected chi connectivity index (χ3v) is 7.78. The molecule has 0 fully saturated rings. The van der Waals surface area contributed by atoms with E-state index in [2.05, 4.69) is 54.2 Å². The van der Waals surface area contributed by atoms with Crippen LogP contribution in [-0.4, -0.2) is 26.1 Å². The summed E-state index contributed by atoms with van der Waals surface area (Å²) >= 11 is 3.50. The molecule has 0 aliphatic rings. The highest BCUT2D eigenvalue weighted by molar-refractivity contribution is 9.10. The van der Waals surface area contributed by atoms with Gasteiger partial charge in [-0.1, -0.05) is 57.2 Å². The van der Waals surface area contributed by atoms with Gasteiger partial charge < -0.3 is 24.3 Å². The zero-order chi connectivity index (χ0) is 31.7. The first kappa shape index (κ1) is 32.6. The van der Waals surface area contributed by atoms with E-state index >= 15 is 0 Å². The van der Waals surface area contributed by atoms with Gasteiger partial charge in [0.1, 0.15) is 5.75 Å². The van der Waals surface area contributed by atoms with E-state index in [1.54, 1.807) is 61.7 Å². The molecule has 0 aliphatic heterocycles. The molecule has 0 bridgehead atoms. The number of aryl methyl sites for hydroxylation is 1. The molecule has 1 amide bonds. The molecule has 7 nitrogen and oxygen atoms in total. The predicted octanol–water partition coefficient (Wildman–Crippen LogP) is 9.03. The van der Waals surface area contributed by atoms with Gasteiger partial charge in [0.25, 0.3) is 0 Å². The van der Waals surface area contributed by atoms with Crippen LogP contribution in [0.5, 0.6) is 28.7 Å². The number of hydrogen-bond donors (Lipinski definition) is 1. The Labute approximate surface area is 267 Å². The molecular formula is C36H38BrNO6. The van der Waals surface area contributed by atoms with Gasteiger partial charge in [-0.15, -0.1) is 0 Å². The first-order valence-electron chi connectivity index (χ1n) is 14.4. The summed E-state index contributed by atoms with van der Waals surface area (Å²) in [5.74, 6) is 1.48. The molecule has 4 rings (SSSR count). The number of amides is 1. The Morgan fingerprint density at radius 1 is 0.818 bits per heavy atom. The topological polar surface area (TPSA) is 83.1 Å². The molecule has 0 saturated carbocycles. The third kappa shape index (κ3) is 9.10. The van der Waals surface area contributed by atoms with Crippen LogP contribution in [0.4, 0.5) is 5.69 Å². The quantitative estimate of drug-likeness (QED) is 0.121. The number of nitrogens with one attached hydrogen (secondary N) is 1. The van der Waals surface area contributed by atoms with Crippen molar-refractivity contribution < 1.29 is 28.5 Å². The fraction of sp³-hybridized carbons (Fsp3) is 0.278. The normalized spacial score (nSPS) is 11.0. The van der Waals surface area contributed by atoms with Crippen molar-refractivity contribution in [3.05, 3.63) is 106 Å². The van der Waals surface area contributed by atoms with Gasteiger partial charge in [0.15, 0.2) is 23.0 Å². The second kappa shape index (κ2) is 14.9. The zero-order valence-electron chi connectivity index (χ0n) is 25.7. The number of anilines is 1. The molecule has 8 heteroatoms. The van der Waals surface area contributed by atoms with Gasteiger partial charge in [0.05, 0.1) is 30.7 Å². The lowest BCUT2D eigenvalue weighted by Gasteiger charge is -2.17. The monoisotopic (exact) mass is 659 g/mol. The van der Waals surface area contributed by atoms with E-state index in [4.69, 9.17) is 18.9 Å². The predicted molar refractivity (Wildman–Crippen MR) is 176 cm³/mol. The summed E-state index contributed by atoms with van der Waals surface area (Å²) in [6.45, 7) is 6.78. The maximum absolute atomic E-state index is 13.0. The van der Waals surface area contributed by atoms with Crippen LogP contribution >= 0.6 is 15.9 Å². The van der Waals surface area contributed by atoms with Gasteiger partial charge in [-0.3, -0.25) is 4.79 Å². The molecule has 0 radical (unpaired) electrons. The minimum absolute atomic E-state index is 0.0170. The summed E-state index contributed by atoms with van der Waals surface area (Å²) in [7, 11) is 3.04. The van der Waals surface area contributed by atoms with E-state index in [9.17, 15) is 9.59 Å². The molecule has 0 unspecified atom stereocenters. The Morgan fingerprint density at radius 3 is 2.16 bits per heavy atom. The molecule has 0 atom stereocenters. The summed E-state index contributed by atoms with van der Waals surface area (Å²) in [4.78, 5) is 25.7. The number of carbonyl (C=O) groups is 2. The number of rotatable bonds is 12. The Hall–Kier alpha value is -4.30. The van der Waals surface area contributed by atoms with Crippen LogP contribution in [0.25, 0.3) is 0 Å². The molecular weight excluding hydrogens is 622 g/mol. The van der Waals surface area contributed by atoms with Gasteiger partial charge in [0, 0.05) is 11.8 Å². The van der Waals surface area contributed by atoms with E-state index in [-0.39, 0.29) is 18.1 Å². The highest BCUT2D eigenvalue weighted by atomic mass is 79.9. The van der Waals surface area contributed by atoms with Crippen LogP contribution < -0.4 is 24.3 Å². The first-order chi connectivity index (χ1) is 21.1. The Bertz CT molecular complexity index is 1580. The SMILES string of the molecule is COc1cc(NC(=O)Cc2ccc(OC)c(OC(=O)c3ccccc3)c2Br)ccc1Oc1ccc(CCCC(C)(C)C)cc1. The average molecular weight is 661 g/mol. The van der Waals surface area contributed by atoms with E-state index < -0.39 is 5.97 Å². The van der Waals surface area contributed by atoms with Crippen molar-refractivity contribution in [1.82, 2.24) is 0 Å². The molecule has 0 heterocycles. The highest BCUT2D eigenvalue weighted by Gasteiger charge is 2.20. The minimum atomic E-state index is -0.535. The largest absolute Gasteiger partial charge is 0.493 e. The van der Waals surface area contributed by atoms with Crippen LogP contribution in [0.1, 0.15) is 55.1 Å². The summed E-state index contributed by atoms with van der Waals surface area (Å²) < 4.78 is 23.1. The number of esters is 1. The number of carbonyl (C=O) groups excluding carboxylic acids is 2. The fourth-order valence-corrected chi connectivity index (χ4v) is 5.13. The van der Waals surface area contributed by atoms with Gasteiger partial charge in [-0.05, 0) is 94.2 Å². The fourth-order valence-electron chi connectivity index (χ4n) is 4.58. The van der Waals surface area contributed by atoms with Crippen molar-refractivity contribution in [2.75, 3.05) is 19.5 Å².